The van der Waals surface area contributed by atoms with Crippen molar-refractivity contribution in [3.8, 4) is 5.88 Å². The van der Waals surface area contributed by atoms with Gasteiger partial charge in [-0.25, -0.2) is 4.79 Å². The lowest BCUT2D eigenvalue weighted by Crippen LogP contribution is -2.38. The van der Waals surface area contributed by atoms with Crippen LogP contribution in [0.15, 0.2) is 124 Å². The highest BCUT2D eigenvalue weighted by molar-refractivity contribution is 6.08. The molecule has 0 bridgehead atoms. The van der Waals surface area contributed by atoms with Gasteiger partial charge < -0.3 is 10.0 Å². The summed E-state index contributed by atoms with van der Waals surface area (Å²) in [6.45, 7) is 15.1. The molecular formula is C47H49N4O3+. The number of hydrogen-bond acceptors (Lipinski definition) is 4. The third-order valence-corrected chi connectivity index (χ3v) is 12.2. The molecule has 0 amide bonds. The fourth-order valence-corrected chi connectivity index (χ4v) is 9.54. The number of hydrogen-bond donors (Lipinski definition) is 1. The number of anilines is 1. The summed E-state index contributed by atoms with van der Waals surface area (Å²) in [5.41, 5.74) is 8.55. The first-order valence-corrected chi connectivity index (χ1v) is 19.1. The number of likely N-dealkylation sites (N-methyl/N-ethyl adjacent to an activating group) is 1. The van der Waals surface area contributed by atoms with E-state index in [1.807, 2.05) is 0 Å². The Labute approximate surface area is 316 Å². The number of aromatic nitrogens is 2. The first-order chi connectivity index (χ1) is 25.8. The maximum absolute atomic E-state index is 14.0. The summed E-state index contributed by atoms with van der Waals surface area (Å²) >= 11 is 0. The van der Waals surface area contributed by atoms with E-state index in [0.29, 0.717) is 18.4 Å². The number of benzene rings is 4. The van der Waals surface area contributed by atoms with Crippen molar-refractivity contribution in [2.45, 2.75) is 65.2 Å². The van der Waals surface area contributed by atoms with E-state index in [4.69, 9.17) is 0 Å². The maximum atomic E-state index is 14.0. The normalized spacial score (nSPS) is 19.1. The van der Waals surface area contributed by atoms with Crippen LogP contribution < -0.4 is 16.1 Å². The molecule has 0 atom stereocenters. The van der Waals surface area contributed by atoms with Crippen molar-refractivity contribution in [3.63, 3.8) is 0 Å². The average molecular weight is 718 g/mol. The van der Waals surface area contributed by atoms with Gasteiger partial charge in [-0.15, -0.1) is 0 Å². The molecule has 4 aromatic carbocycles. The van der Waals surface area contributed by atoms with Gasteiger partial charge >= 0.3 is 5.69 Å². The summed E-state index contributed by atoms with van der Waals surface area (Å²) in [5.74, 6) is -0.317. The van der Waals surface area contributed by atoms with Gasteiger partial charge in [-0.3, -0.25) is 13.9 Å². The predicted molar refractivity (Wildman–Crippen MR) is 222 cm³/mol. The van der Waals surface area contributed by atoms with Crippen molar-refractivity contribution in [1.29, 1.82) is 0 Å². The van der Waals surface area contributed by atoms with E-state index >= 15 is 0 Å². The Bertz CT molecular complexity index is 2710. The van der Waals surface area contributed by atoms with Crippen molar-refractivity contribution in [3.05, 3.63) is 151 Å². The second-order valence-corrected chi connectivity index (χ2v) is 15.9. The molecule has 2 aliphatic heterocycles. The van der Waals surface area contributed by atoms with E-state index in [0.717, 1.165) is 33.4 Å². The molecule has 1 aliphatic carbocycles. The highest BCUT2D eigenvalue weighted by Gasteiger charge is 2.45. The zero-order valence-electron chi connectivity index (χ0n) is 32.6. The van der Waals surface area contributed by atoms with Crippen molar-refractivity contribution in [2.75, 3.05) is 18.0 Å². The van der Waals surface area contributed by atoms with E-state index in [2.05, 4.69) is 148 Å². The van der Waals surface area contributed by atoms with Gasteiger partial charge in [0.15, 0.2) is 5.71 Å². The molecule has 0 radical (unpaired) electrons. The Balaban J connectivity index is 1.30. The summed E-state index contributed by atoms with van der Waals surface area (Å²) < 4.78 is 4.64. The van der Waals surface area contributed by atoms with Crippen LogP contribution >= 0.6 is 0 Å². The standard InChI is InChI=1S/C47H48N4O3/c1-9-50-35-25-21-29-15-11-13-17-33(29)41(35)46(3,4)37(50)27-23-31-19-20-32(39(31)40-43(52)48(7)45(54)49(8)44(40)53)24-28-38-47(5,6)42-34-18-14-12-16-30(34)22-26-36(42)51(38)10-2/h11-18,21-28H,9-10,19-20H2,1-8H3/p+1/b31-23+,37-27+. The van der Waals surface area contributed by atoms with Gasteiger partial charge in [0.05, 0.1) is 5.41 Å². The van der Waals surface area contributed by atoms with Gasteiger partial charge in [-0.05, 0) is 103 Å². The highest BCUT2D eigenvalue weighted by atomic mass is 16.3. The van der Waals surface area contributed by atoms with Crippen LogP contribution in [0.3, 0.4) is 0 Å². The Kier molecular flexibility index (Phi) is 8.33. The van der Waals surface area contributed by atoms with Crippen LogP contribution in [0.25, 0.3) is 27.1 Å². The number of aromatic hydroxyl groups is 1. The Hall–Kier alpha value is -5.69. The predicted octanol–water partition coefficient (Wildman–Crippen LogP) is 8.92. The summed E-state index contributed by atoms with van der Waals surface area (Å²) in [4.78, 5) is 29.3. The highest BCUT2D eigenvalue weighted by Crippen LogP contribution is 2.51. The molecule has 274 valence electrons. The summed E-state index contributed by atoms with van der Waals surface area (Å²) in [6.07, 6.45) is 10.1. The third-order valence-electron chi connectivity index (χ3n) is 12.2. The zero-order chi connectivity index (χ0) is 38.3. The third kappa shape index (κ3) is 5.04. The van der Waals surface area contributed by atoms with Crippen molar-refractivity contribution in [2.24, 2.45) is 14.1 Å². The minimum Gasteiger partial charge on any atom is -0.494 e. The van der Waals surface area contributed by atoms with Crippen LogP contribution in [0.5, 0.6) is 5.88 Å². The fourth-order valence-electron chi connectivity index (χ4n) is 9.54. The van der Waals surface area contributed by atoms with E-state index < -0.39 is 11.2 Å². The van der Waals surface area contributed by atoms with Crippen LogP contribution in [0.4, 0.5) is 11.4 Å². The van der Waals surface area contributed by atoms with E-state index in [1.54, 1.807) is 0 Å². The summed E-state index contributed by atoms with van der Waals surface area (Å²) in [6, 6.07) is 26.0. The number of fused-ring (bicyclic) bond motifs is 6. The summed E-state index contributed by atoms with van der Waals surface area (Å²) in [7, 11) is 2.99. The number of nitrogens with zero attached hydrogens (tertiary/aromatic N) is 4. The van der Waals surface area contributed by atoms with E-state index in [9.17, 15) is 14.7 Å². The second kappa shape index (κ2) is 12.7. The van der Waals surface area contributed by atoms with Crippen molar-refractivity contribution >= 4 is 44.2 Å². The molecule has 1 aromatic heterocycles. The molecule has 54 heavy (non-hydrogen) atoms. The molecule has 8 rings (SSSR count). The van der Waals surface area contributed by atoms with Crippen LogP contribution in [0.1, 0.15) is 71.1 Å². The SMILES string of the molecule is CCN1/C(=C/C=C2\CCC(/C=C/C3=[N+](CC)c4ccc5ccccc5c4C3(C)C)=C2c2c(O)n(C)c(=O)n(C)c2=O)C(C)(C)c2c1ccc1ccccc21. The van der Waals surface area contributed by atoms with Gasteiger partial charge in [-0.1, -0.05) is 80.6 Å². The van der Waals surface area contributed by atoms with Crippen LogP contribution in [0.2, 0.25) is 0 Å². The zero-order valence-corrected chi connectivity index (χ0v) is 32.6. The fraction of sp³-hybridized carbons (Fsp3) is 0.298. The lowest BCUT2D eigenvalue weighted by molar-refractivity contribution is -0.433. The topological polar surface area (TPSA) is 70.5 Å². The minimum absolute atomic E-state index is 0.158. The monoisotopic (exact) mass is 717 g/mol. The lowest BCUT2D eigenvalue weighted by Gasteiger charge is -2.26. The van der Waals surface area contributed by atoms with Crippen LogP contribution in [-0.2, 0) is 24.9 Å². The molecular weight excluding hydrogens is 669 g/mol. The molecule has 0 saturated heterocycles. The van der Waals surface area contributed by atoms with Gasteiger partial charge in [0, 0.05) is 55.1 Å². The van der Waals surface area contributed by atoms with E-state index in [1.165, 1.54) is 69.6 Å². The van der Waals surface area contributed by atoms with Gasteiger partial charge in [0.1, 0.15) is 12.1 Å². The molecule has 0 fully saturated rings. The van der Waals surface area contributed by atoms with Gasteiger partial charge in [0.25, 0.3) is 5.56 Å². The smallest absolute Gasteiger partial charge is 0.333 e. The largest absolute Gasteiger partial charge is 0.494 e. The maximum Gasteiger partial charge on any atom is 0.333 e. The molecule has 0 spiro atoms. The Morgan fingerprint density at radius 2 is 1.41 bits per heavy atom. The molecule has 3 heterocycles. The molecule has 1 N–H and O–H groups in total. The molecule has 5 aromatic rings. The minimum atomic E-state index is -0.562. The van der Waals surface area contributed by atoms with Gasteiger partial charge in [0.2, 0.25) is 11.6 Å². The average Bonchev–Trinajstić information content (AvgIpc) is 3.74. The van der Waals surface area contributed by atoms with Crippen molar-refractivity contribution < 1.29 is 9.68 Å². The quantitative estimate of drug-likeness (QED) is 0.178. The van der Waals surface area contributed by atoms with Crippen molar-refractivity contribution in [1.82, 2.24) is 9.13 Å². The molecule has 7 heteroatoms. The Morgan fingerprint density at radius 1 is 0.759 bits per heavy atom. The first kappa shape index (κ1) is 35.3. The van der Waals surface area contributed by atoms with Crippen LogP contribution in [0, 0.1) is 0 Å². The van der Waals surface area contributed by atoms with E-state index in [-0.39, 0.29) is 22.3 Å². The Morgan fingerprint density at radius 3 is 2.07 bits per heavy atom. The van der Waals surface area contributed by atoms with Gasteiger partial charge in [-0.2, -0.15) is 4.58 Å². The number of allylic oxidation sites excluding steroid dienone is 8. The molecule has 7 nitrogen and oxygen atoms in total. The lowest BCUT2D eigenvalue weighted by atomic mass is 9.79. The second-order valence-electron chi connectivity index (χ2n) is 15.9. The van der Waals surface area contributed by atoms with Crippen LogP contribution in [-0.4, -0.2) is 37.6 Å². The summed E-state index contributed by atoms with van der Waals surface area (Å²) in [5, 5.41) is 16.5. The molecule has 3 aliphatic rings. The molecule has 0 saturated carbocycles. The number of rotatable bonds is 6. The first-order valence-electron chi connectivity index (χ1n) is 19.1. The molecule has 0 unspecified atom stereocenters.